The molecule has 1 aliphatic rings. The smallest absolute Gasteiger partial charge is 0.256 e. The lowest BCUT2D eigenvalue weighted by Gasteiger charge is -2.38. The molecule has 1 saturated heterocycles. The van der Waals surface area contributed by atoms with Crippen molar-refractivity contribution in [1.82, 2.24) is 10.2 Å². The van der Waals surface area contributed by atoms with E-state index in [1.165, 1.54) is 17.0 Å². The van der Waals surface area contributed by atoms with Gasteiger partial charge in [0.15, 0.2) is 11.6 Å². The number of carbonyl (C=O) groups excluding carboxylic acids is 2. The van der Waals surface area contributed by atoms with Crippen LogP contribution in [0.5, 0.6) is 0 Å². The Morgan fingerprint density at radius 1 is 1.14 bits per heavy atom. The number of likely N-dealkylation sites (tertiary alicyclic amines) is 1. The predicted molar refractivity (Wildman–Crippen MR) is 108 cm³/mol. The molecule has 0 spiro atoms. The van der Waals surface area contributed by atoms with Crippen LogP contribution in [0, 0.1) is 26.9 Å². The Labute approximate surface area is 178 Å². The van der Waals surface area contributed by atoms with Crippen LogP contribution in [0.4, 0.5) is 24.5 Å². The highest BCUT2D eigenvalue weighted by Crippen LogP contribution is 2.31. The number of rotatable bonds is 6. The molecule has 2 amide bonds. The third-order valence-corrected chi connectivity index (χ3v) is 5.14. The molecule has 1 fully saturated rings. The first-order valence-corrected chi connectivity index (χ1v) is 9.77. The van der Waals surface area contributed by atoms with Gasteiger partial charge in [-0.25, -0.2) is 13.2 Å². The fourth-order valence-corrected chi connectivity index (χ4v) is 3.33. The molecule has 2 aromatic carbocycles. The molecule has 0 aliphatic carbocycles. The minimum Gasteiger partial charge on any atom is -0.395 e. The van der Waals surface area contributed by atoms with E-state index in [4.69, 9.17) is 5.11 Å². The minimum atomic E-state index is -1.30. The summed E-state index contributed by atoms with van der Waals surface area (Å²) in [7, 11) is 0. The Morgan fingerprint density at radius 2 is 1.86 bits per heavy atom. The van der Waals surface area contributed by atoms with Crippen molar-refractivity contribution in [3.8, 4) is 0 Å². The first kappa shape index (κ1) is 21.4. The van der Waals surface area contributed by atoms with E-state index >= 15 is 0 Å². The highest BCUT2D eigenvalue weighted by atomic mass is 127. The van der Waals surface area contributed by atoms with Gasteiger partial charge in [-0.1, -0.05) is 0 Å². The maximum absolute atomic E-state index is 14.4. The van der Waals surface area contributed by atoms with Crippen LogP contribution in [0.15, 0.2) is 30.3 Å². The fraction of sp³-hybridized carbons (Fsp3) is 0.263. The van der Waals surface area contributed by atoms with Gasteiger partial charge in [0.25, 0.3) is 5.91 Å². The first-order chi connectivity index (χ1) is 13.8. The van der Waals surface area contributed by atoms with Gasteiger partial charge in [-0.2, -0.15) is 0 Å². The second-order valence-corrected chi connectivity index (χ2v) is 7.70. The molecule has 1 aliphatic heterocycles. The highest BCUT2D eigenvalue weighted by Gasteiger charge is 2.37. The van der Waals surface area contributed by atoms with E-state index in [0.717, 1.165) is 12.1 Å². The third-order valence-electron chi connectivity index (χ3n) is 4.47. The molecule has 0 saturated carbocycles. The lowest BCUT2D eigenvalue weighted by atomic mass is 9.97. The number of carbonyl (C=O) groups is 2. The summed E-state index contributed by atoms with van der Waals surface area (Å²) in [6.45, 7) is 0.126. The number of amides is 2. The zero-order valence-electron chi connectivity index (χ0n) is 15.0. The summed E-state index contributed by atoms with van der Waals surface area (Å²) in [4.78, 5) is 25.9. The van der Waals surface area contributed by atoms with Crippen LogP contribution < -0.4 is 10.6 Å². The topological polar surface area (TPSA) is 81.7 Å². The summed E-state index contributed by atoms with van der Waals surface area (Å²) in [6.07, 6.45) is 0. The van der Waals surface area contributed by atoms with Crippen molar-refractivity contribution in [3.05, 3.63) is 56.9 Å². The molecule has 29 heavy (non-hydrogen) atoms. The van der Waals surface area contributed by atoms with E-state index in [9.17, 15) is 22.8 Å². The molecule has 154 valence electrons. The number of hydrogen-bond acceptors (Lipinski definition) is 4. The molecule has 0 unspecified atom stereocenters. The van der Waals surface area contributed by atoms with Crippen molar-refractivity contribution >= 4 is 45.8 Å². The van der Waals surface area contributed by atoms with E-state index in [2.05, 4.69) is 10.6 Å². The molecule has 0 aromatic heterocycles. The van der Waals surface area contributed by atoms with Crippen molar-refractivity contribution in [3.63, 3.8) is 0 Å². The number of halogens is 4. The fourth-order valence-electron chi connectivity index (χ4n) is 2.88. The number of hydrogen-bond donors (Lipinski definition) is 3. The maximum Gasteiger partial charge on any atom is 0.256 e. The zero-order valence-corrected chi connectivity index (χ0v) is 17.2. The van der Waals surface area contributed by atoms with Crippen LogP contribution in [0.3, 0.4) is 0 Å². The summed E-state index contributed by atoms with van der Waals surface area (Å²) in [5, 5.41) is 13.7. The predicted octanol–water partition coefficient (Wildman–Crippen LogP) is 2.63. The molecule has 10 heteroatoms. The highest BCUT2D eigenvalue weighted by molar-refractivity contribution is 14.1. The van der Waals surface area contributed by atoms with Gasteiger partial charge in [0.1, 0.15) is 5.82 Å². The summed E-state index contributed by atoms with van der Waals surface area (Å²) >= 11 is 1.91. The average molecular weight is 519 g/mol. The van der Waals surface area contributed by atoms with Gasteiger partial charge in [-0.05, 0) is 52.9 Å². The quantitative estimate of drug-likeness (QED) is 0.513. The lowest BCUT2D eigenvalue weighted by molar-refractivity contribution is -0.129. The molecular weight excluding hydrogens is 502 g/mol. The van der Waals surface area contributed by atoms with Gasteiger partial charge in [-0.15, -0.1) is 0 Å². The molecule has 0 radical (unpaired) electrons. The largest absolute Gasteiger partial charge is 0.395 e. The molecule has 1 heterocycles. The summed E-state index contributed by atoms with van der Waals surface area (Å²) < 4.78 is 43.0. The molecule has 3 rings (SSSR count). The number of aliphatic hydroxyl groups excluding tert-OH is 1. The van der Waals surface area contributed by atoms with Gasteiger partial charge in [0.2, 0.25) is 5.91 Å². The number of anilines is 2. The Kier molecular flexibility index (Phi) is 6.63. The van der Waals surface area contributed by atoms with Crippen LogP contribution in [-0.4, -0.2) is 48.1 Å². The molecule has 0 bridgehead atoms. The zero-order chi connectivity index (χ0) is 21.1. The second kappa shape index (κ2) is 8.99. The van der Waals surface area contributed by atoms with Crippen molar-refractivity contribution in [2.45, 2.75) is 0 Å². The molecule has 3 N–H and O–H groups in total. The standard InChI is InChI=1S/C19H17F3IN3O3/c20-13-3-2-12(19(29)26-8-10(9-26)18(28)24-5-6-27)17(16(13)22)25-15-4-1-11(23)7-14(15)21/h1-4,7,10,25,27H,5-6,8-9H2,(H,24,28). The Bertz CT molecular complexity index is 952. The van der Waals surface area contributed by atoms with Gasteiger partial charge < -0.3 is 20.6 Å². The van der Waals surface area contributed by atoms with Crippen molar-refractivity contribution in [1.29, 1.82) is 0 Å². The van der Waals surface area contributed by atoms with Crippen molar-refractivity contribution in [2.75, 3.05) is 31.6 Å². The van der Waals surface area contributed by atoms with E-state index in [1.807, 2.05) is 22.6 Å². The normalized spacial score (nSPS) is 13.8. The third kappa shape index (κ3) is 4.64. The SMILES string of the molecule is O=C(NCCO)C1CN(C(=O)c2ccc(F)c(F)c2Nc2ccc(I)cc2F)C1. The number of nitrogens with zero attached hydrogens (tertiary/aromatic N) is 1. The molecule has 0 atom stereocenters. The minimum absolute atomic E-state index is 0.103. The van der Waals surface area contributed by atoms with E-state index in [0.29, 0.717) is 3.57 Å². The van der Waals surface area contributed by atoms with Crippen molar-refractivity contribution < 1.29 is 27.9 Å². The molecule has 2 aromatic rings. The Hall–Kier alpha value is -2.34. The lowest BCUT2D eigenvalue weighted by Crippen LogP contribution is -2.56. The second-order valence-electron chi connectivity index (χ2n) is 6.45. The van der Waals surface area contributed by atoms with E-state index < -0.39 is 35.0 Å². The van der Waals surface area contributed by atoms with Crippen molar-refractivity contribution in [2.24, 2.45) is 5.92 Å². The molecular formula is C19H17F3IN3O3. The maximum atomic E-state index is 14.4. The van der Waals surface area contributed by atoms with Crippen LogP contribution >= 0.6 is 22.6 Å². The van der Waals surface area contributed by atoms with Gasteiger partial charge in [0, 0.05) is 23.2 Å². The van der Waals surface area contributed by atoms with Crippen LogP contribution in [0.25, 0.3) is 0 Å². The van der Waals surface area contributed by atoms with Gasteiger partial charge in [-0.3, -0.25) is 9.59 Å². The van der Waals surface area contributed by atoms with E-state index in [1.54, 1.807) is 6.07 Å². The molecule has 6 nitrogen and oxygen atoms in total. The summed E-state index contributed by atoms with van der Waals surface area (Å²) in [5.41, 5.74) is -0.742. The van der Waals surface area contributed by atoms with Crippen LogP contribution in [0.1, 0.15) is 10.4 Å². The monoisotopic (exact) mass is 519 g/mol. The Morgan fingerprint density at radius 3 is 2.52 bits per heavy atom. The average Bonchev–Trinajstić information content (AvgIpc) is 2.64. The number of nitrogens with one attached hydrogen (secondary N) is 2. The summed E-state index contributed by atoms with van der Waals surface area (Å²) in [6, 6.07) is 6.10. The van der Waals surface area contributed by atoms with Gasteiger partial charge in [0.05, 0.1) is 29.5 Å². The first-order valence-electron chi connectivity index (χ1n) is 8.69. The Balaban J connectivity index is 1.80. The number of benzene rings is 2. The number of aliphatic hydroxyl groups is 1. The van der Waals surface area contributed by atoms with E-state index in [-0.39, 0.29) is 43.4 Å². The van der Waals surface area contributed by atoms with Gasteiger partial charge >= 0.3 is 0 Å². The summed E-state index contributed by atoms with van der Waals surface area (Å²) in [5.74, 6) is -4.51. The van der Waals surface area contributed by atoms with Crippen LogP contribution in [-0.2, 0) is 4.79 Å². The van der Waals surface area contributed by atoms with Crippen LogP contribution in [0.2, 0.25) is 0 Å².